The van der Waals surface area contributed by atoms with Gasteiger partial charge in [-0.2, -0.15) is 0 Å². The molecule has 0 fully saturated rings. The van der Waals surface area contributed by atoms with Crippen LogP contribution >= 0.6 is 11.9 Å². The number of benzene rings is 1. The van der Waals surface area contributed by atoms with Crippen LogP contribution in [-0.2, 0) is 9.53 Å². The molecule has 1 aliphatic rings. The lowest BCUT2D eigenvalue weighted by molar-refractivity contribution is -0.135. The second-order valence-corrected chi connectivity index (χ2v) is 4.56. The van der Waals surface area contributed by atoms with Gasteiger partial charge in [-0.15, -0.1) is 0 Å². The van der Waals surface area contributed by atoms with E-state index in [0.717, 1.165) is 17.5 Å². The molecule has 3 N–H and O–H groups in total. The van der Waals surface area contributed by atoms with E-state index < -0.39 is 19.1 Å². The van der Waals surface area contributed by atoms with Gasteiger partial charge in [0.15, 0.2) is 0 Å². The molecule has 1 heterocycles. The van der Waals surface area contributed by atoms with E-state index >= 15 is 0 Å². The van der Waals surface area contributed by atoms with Crippen molar-refractivity contribution >= 4 is 25.0 Å². The molecule has 1 atom stereocenters. The standard InChI is InChI=1S/C11H12BNO4S/c1-17-11(14)10-8(12(15)16)9(13-18-10)7-5-3-2-4-6-7/h2-6,9,13,15-16H,1H3. The summed E-state index contributed by atoms with van der Waals surface area (Å²) in [5.41, 5.74) is 1.07. The van der Waals surface area contributed by atoms with Crippen molar-refractivity contribution in [1.29, 1.82) is 0 Å². The van der Waals surface area contributed by atoms with E-state index in [4.69, 9.17) is 0 Å². The topological polar surface area (TPSA) is 78.8 Å². The highest BCUT2D eigenvalue weighted by Gasteiger charge is 2.37. The van der Waals surface area contributed by atoms with Crippen molar-refractivity contribution in [3.8, 4) is 0 Å². The average Bonchev–Trinajstić information content (AvgIpc) is 2.83. The quantitative estimate of drug-likeness (QED) is 0.417. The van der Waals surface area contributed by atoms with Crippen LogP contribution in [0, 0.1) is 0 Å². The molecule has 1 aromatic carbocycles. The maximum absolute atomic E-state index is 11.5. The Hall–Kier alpha value is -1.28. The van der Waals surface area contributed by atoms with Crippen LogP contribution in [-0.4, -0.2) is 30.2 Å². The lowest BCUT2D eigenvalue weighted by Crippen LogP contribution is -2.25. The van der Waals surface area contributed by atoms with Gasteiger partial charge in [-0.3, -0.25) is 0 Å². The van der Waals surface area contributed by atoms with Crippen LogP contribution in [0.2, 0.25) is 0 Å². The summed E-state index contributed by atoms with van der Waals surface area (Å²) in [5.74, 6) is -0.575. The number of esters is 1. The highest BCUT2D eigenvalue weighted by atomic mass is 32.2. The van der Waals surface area contributed by atoms with Gasteiger partial charge in [-0.25, -0.2) is 9.52 Å². The Balaban J connectivity index is 2.40. The van der Waals surface area contributed by atoms with Crippen LogP contribution in [0.1, 0.15) is 11.6 Å². The number of carbonyl (C=O) groups is 1. The first kappa shape index (κ1) is 13.2. The number of hydrogen-bond donors (Lipinski definition) is 3. The Kier molecular flexibility index (Phi) is 4.08. The molecule has 2 rings (SSSR count). The van der Waals surface area contributed by atoms with Gasteiger partial charge >= 0.3 is 13.1 Å². The molecule has 5 nitrogen and oxygen atoms in total. The lowest BCUT2D eigenvalue weighted by Gasteiger charge is -2.14. The lowest BCUT2D eigenvalue weighted by atomic mass is 9.73. The van der Waals surface area contributed by atoms with Gasteiger partial charge < -0.3 is 14.8 Å². The minimum atomic E-state index is -1.70. The Labute approximate surface area is 109 Å². The molecule has 7 heteroatoms. The van der Waals surface area contributed by atoms with Gasteiger partial charge in [0.05, 0.1) is 13.2 Å². The number of methoxy groups -OCH3 is 1. The average molecular weight is 265 g/mol. The summed E-state index contributed by atoms with van der Waals surface area (Å²) < 4.78 is 7.61. The molecule has 1 aromatic rings. The highest BCUT2D eigenvalue weighted by molar-refractivity contribution is 8.02. The SMILES string of the molecule is COC(=O)C1=C(B(O)O)C(c2ccccc2)NS1. The van der Waals surface area contributed by atoms with Crippen LogP contribution in [0.4, 0.5) is 0 Å². The Bertz CT molecular complexity index is 477. The van der Waals surface area contributed by atoms with Gasteiger partial charge in [0.1, 0.15) is 4.91 Å². The van der Waals surface area contributed by atoms with Crippen molar-refractivity contribution in [3.63, 3.8) is 0 Å². The maximum atomic E-state index is 11.5. The molecule has 0 spiro atoms. The van der Waals surface area contributed by atoms with E-state index in [-0.39, 0.29) is 10.4 Å². The van der Waals surface area contributed by atoms with E-state index in [0.29, 0.717) is 0 Å². The van der Waals surface area contributed by atoms with E-state index in [1.165, 1.54) is 7.11 Å². The predicted molar refractivity (Wildman–Crippen MR) is 69.1 cm³/mol. The van der Waals surface area contributed by atoms with Crippen molar-refractivity contribution in [3.05, 3.63) is 46.3 Å². The van der Waals surface area contributed by atoms with Gasteiger partial charge in [0, 0.05) is 5.47 Å². The van der Waals surface area contributed by atoms with Gasteiger partial charge in [-0.05, 0) is 17.5 Å². The zero-order valence-electron chi connectivity index (χ0n) is 9.66. The monoisotopic (exact) mass is 265 g/mol. The molecule has 18 heavy (non-hydrogen) atoms. The summed E-state index contributed by atoms with van der Waals surface area (Å²) in [6, 6.07) is 8.84. The number of nitrogens with one attached hydrogen (secondary N) is 1. The van der Waals surface area contributed by atoms with Gasteiger partial charge in [-0.1, -0.05) is 30.3 Å². The second kappa shape index (κ2) is 5.58. The first-order valence-corrected chi connectivity index (χ1v) is 6.12. The largest absolute Gasteiger partial charge is 0.487 e. The van der Waals surface area contributed by atoms with Crippen molar-refractivity contribution in [2.45, 2.75) is 6.04 Å². The third-order valence-electron chi connectivity index (χ3n) is 2.63. The molecule has 1 aliphatic heterocycles. The summed E-state index contributed by atoms with van der Waals surface area (Å²) in [6.45, 7) is 0. The van der Waals surface area contributed by atoms with Crippen LogP contribution in [0.5, 0.6) is 0 Å². The molecule has 0 aromatic heterocycles. The molecule has 1 unspecified atom stereocenters. The Morgan fingerprint density at radius 1 is 1.39 bits per heavy atom. The van der Waals surface area contributed by atoms with Crippen molar-refractivity contribution in [2.75, 3.05) is 7.11 Å². The molecule has 0 aliphatic carbocycles. The first-order chi connectivity index (χ1) is 8.65. The molecular formula is C11H12BNO4S. The van der Waals surface area contributed by atoms with E-state index in [2.05, 4.69) is 9.46 Å². The van der Waals surface area contributed by atoms with Gasteiger partial charge in [0.25, 0.3) is 0 Å². The fourth-order valence-electron chi connectivity index (χ4n) is 1.78. The minimum absolute atomic E-state index is 0.196. The zero-order chi connectivity index (χ0) is 13.1. The van der Waals surface area contributed by atoms with Crippen LogP contribution < -0.4 is 4.72 Å². The molecular weight excluding hydrogens is 253 g/mol. The summed E-state index contributed by atoms with van der Waals surface area (Å²) in [5, 5.41) is 18.9. The molecule has 0 amide bonds. The minimum Gasteiger partial charge on any atom is -0.465 e. The van der Waals surface area contributed by atoms with E-state index in [1.807, 2.05) is 30.3 Å². The maximum Gasteiger partial charge on any atom is 0.487 e. The van der Waals surface area contributed by atoms with E-state index in [1.54, 1.807) is 0 Å². The summed E-state index contributed by atoms with van der Waals surface area (Å²) >= 11 is 1.05. The van der Waals surface area contributed by atoms with E-state index in [9.17, 15) is 14.8 Å². The number of carbonyl (C=O) groups excluding carboxylic acids is 1. The molecule has 94 valence electrons. The molecule has 0 saturated heterocycles. The fraction of sp³-hybridized carbons (Fsp3) is 0.182. The molecule has 0 radical (unpaired) electrons. The summed E-state index contributed by atoms with van der Waals surface area (Å²) in [6.07, 6.45) is 0. The fourth-order valence-corrected chi connectivity index (χ4v) is 2.79. The molecule has 0 saturated carbocycles. The van der Waals surface area contributed by atoms with Crippen LogP contribution in [0.15, 0.2) is 40.7 Å². The summed E-state index contributed by atoms with van der Waals surface area (Å²) in [7, 11) is -0.445. The number of ether oxygens (including phenoxy) is 1. The zero-order valence-corrected chi connectivity index (χ0v) is 10.5. The van der Waals surface area contributed by atoms with Crippen molar-refractivity contribution in [1.82, 2.24) is 4.72 Å². The van der Waals surface area contributed by atoms with Crippen molar-refractivity contribution < 1.29 is 19.6 Å². The predicted octanol–water partition coefficient (Wildman–Crippen LogP) is 0.418. The number of hydrogen-bond acceptors (Lipinski definition) is 6. The van der Waals surface area contributed by atoms with Crippen molar-refractivity contribution in [2.24, 2.45) is 0 Å². The first-order valence-electron chi connectivity index (χ1n) is 5.31. The normalized spacial score (nSPS) is 18.9. The van der Waals surface area contributed by atoms with Crippen LogP contribution in [0.25, 0.3) is 0 Å². The highest BCUT2D eigenvalue weighted by Crippen LogP contribution is 2.38. The summed E-state index contributed by atoms with van der Waals surface area (Å²) in [4.78, 5) is 11.7. The third-order valence-corrected chi connectivity index (χ3v) is 3.59. The Morgan fingerprint density at radius 2 is 2.06 bits per heavy atom. The molecule has 0 bridgehead atoms. The third kappa shape index (κ3) is 2.44. The Morgan fingerprint density at radius 3 is 2.61 bits per heavy atom. The van der Waals surface area contributed by atoms with Gasteiger partial charge in [0.2, 0.25) is 0 Å². The second-order valence-electron chi connectivity index (χ2n) is 3.71. The number of rotatable bonds is 3. The van der Waals surface area contributed by atoms with Crippen LogP contribution in [0.3, 0.4) is 0 Å². The smallest absolute Gasteiger partial charge is 0.465 e.